The van der Waals surface area contributed by atoms with Gasteiger partial charge in [0.2, 0.25) is 0 Å². The molecule has 1 spiro atoms. The van der Waals surface area contributed by atoms with Gasteiger partial charge in [0.15, 0.2) is 0 Å². The zero-order chi connectivity index (χ0) is 6.32. The largest absolute Gasteiger partial charge is 0.372 e. The van der Waals surface area contributed by atoms with E-state index in [1.807, 2.05) is 0 Å². The van der Waals surface area contributed by atoms with Crippen molar-refractivity contribution in [1.82, 2.24) is 5.32 Å². The lowest BCUT2D eigenvalue weighted by molar-refractivity contribution is -0.00110. The third-order valence-corrected chi connectivity index (χ3v) is 2.48. The molecular weight excluding hydrogens is 114 g/mol. The zero-order valence-corrected chi connectivity index (χ0v) is 5.81. The van der Waals surface area contributed by atoms with Gasteiger partial charge in [-0.3, -0.25) is 0 Å². The van der Waals surface area contributed by atoms with Gasteiger partial charge in [-0.05, 0) is 12.3 Å². The maximum Gasteiger partial charge on any atom is 0.0836 e. The standard InChI is InChI=1S/C7H13NO/c1-6-4-7(6)5-8-2-3-9-7/h6,8H,2-5H2,1H3/t6?,7-/m0/s1. The SMILES string of the molecule is CC1C[C@]12CNCCO2. The molecule has 1 N–H and O–H groups in total. The van der Waals surface area contributed by atoms with Gasteiger partial charge in [-0.2, -0.15) is 0 Å². The minimum Gasteiger partial charge on any atom is -0.372 e. The Hall–Kier alpha value is -0.0800. The van der Waals surface area contributed by atoms with Crippen LogP contribution in [0, 0.1) is 5.92 Å². The van der Waals surface area contributed by atoms with Crippen LogP contribution in [0.3, 0.4) is 0 Å². The lowest BCUT2D eigenvalue weighted by Gasteiger charge is -2.23. The van der Waals surface area contributed by atoms with Crippen molar-refractivity contribution in [3.63, 3.8) is 0 Å². The molecule has 2 aliphatic rings. The lowest BCUT2D eigenvalue weighted by Crippen LogP contribution is -2.41. The number of hydrogen-bond acceptors (Lipinski definition) is 2. The smallest absolute Gasteiger partial charge is 0.0836 e. The van der Waals surface area contributed by atoms with E-state index in [1.54, 1.807) is 0 Å². The van der Waals surface area contributed by atoms with Gasteiger partial charge in [0.1, 0.15) is 0 Å². The first kappa shape index (κ1) is 5.69. The normalized spacial score (nSPS) is 49.7. The fraction of sp³-hybridized carbons (Fsp3) is 1.00. The van der Waals surface area contributed by atoms with Crippen molar-refractivity contribution in [2.24, 2.45) is 5.92 Å². The van der Waals surface area contributed by atoms with Crippen LogP contribution in [0.1, 0.15) is 13.3 Å². The molecule has 2 atom stereocenters. The summed E-state index contributed by atoms with van der Waals surface area (Å²) in [6.45, 7) is 5.28. The minimum absolute atomic E-state index is 0.276. The Balaban J connectivity index is 1.97. The summed E-state index contributed by atoms with van der Waals surface area (Å²) in [5, 5.41) is 3.34. The summed E-state index contributed by atoms with van der Waals surface area (Å²) in [5.41, 5.74) is 0.276. The number of morpholine rings is 1. The van der Waals surface area contributed by atoms with Crippen LogP contribution in [0.15, 0.2) is 0 Å². The predicted octanol–water partition coefficient (Wildman–Crippen LogP) is 0.385. The van der Waals surface area contributed by atoms with Gasteiger partial charge in [-0.1, -0.05) is 6.92 Å². The van der Waals surface area contributed by atoms with Crippen LogP contribution in [-0.4, -0.2) is 25.3 Å². The highest BCUT2D eigenvalue weighted by atomic mass is 16.5. The second-order valence-electron chi connectivity index (χ2n) is 3.20. The molecule has 0 amide bonds. The number of hydrogen-bond donors (Lipinski definition) is 1. The molecule has 2 nitrogen and oxygen atoms in total. The van der Waals surface area contributed by atoms with Gasteiger partial charge in [-0.15, -0.1) is 0 Å². The lowest BCUT2D eigenvalue weighted by atomic mass is 10.2. The van der Waals surface area contributed by atoms with E-state index in [2.05, 4.69) is 12.2 Å². The molecule has 9 heavy (non-hydrogen) atoms. The summed E-state index contributed by atoms with van der Waals surface area (Å²) in [6.07, 6.45) is 1.26. The van der Waals surface area contributed by atoms with E-state index in [4.69, 9.17) is 4.74 Å². The molecule has 1 saturated carbocycles. The molecule has 1 heterocycles. The summed E-state index contributed by atoms with van der Waals surface area (Å²) < 4.78 is 5.63. The molecule has 2 heteroatoms. The summed E-state index contributed by atoms with van der Waals surface area (Å²) >= 11 is 0. The molecule has 0 radical (unpaired) electrons. The monoisotopic (exact) mass is 127 g/mol. The quantitative estimate of drug-likeness (QED) is 0.508. The minimum atomic E-state index is 0.276. The maximum absolute atomic E-state index is 5.63. The Kier molecular flexibility index (Phi) is 1.08. The van der Waals surface area contributed by atoms with Crippen molar-refractivity contribution >= 4 is 0 Å². The number of nitrogens with one attached hydrogen (secondary N) is 1. The fourth-order valence-electron chi connectivity index (χ4n) is 1.58. The molecule has 0 aromatic carbocycles. The van der Waals surface area contributed by atoms with Crippen molar-refractivity contribution in [2.75, 3.05) is 19.7 Å². The van der Waals surface area contributed by atoms with Crippen molar-refractivity contribution < 1.29 is 4.74 Å². The Morgan fingerprint density at radius 2 is 2.44 bits per heavy atom. The highest BCUT2D eigenvalue weighted by Crippen LogP contribution is 2.46. The van der Waals surface area contributed by atoms with Crippen molar-refractivity contribution in [1.29, 1.82) is 0 Å². The van der Waals surface area contributed by atoms with Crippen LogP contribution in [0.5, 0.6) is 0 Å². The molecule has 1 unspecified atom stereocenters. The van der Waals surface area contributed by atoms with Crippen LogP contribution in [0.4, 0.5) is 0 Å². The molecule has 1 aliphatic carbocycles. The van der Waals surface area contributed by atoms with Gasteiger partial charge in [0, 0.05) is 13.1 Å². The van der Waals surface area contributed by atoms with Crippen LogP contribution in [0.2, 0.25) is 0 Å². The van der Waals surface area contributed by atoms with E-state index in [9.17, 15) is 0 Å². The molecule has 0 aromatic heterocycles. The van der Waals surface area contributed by atoms with Crippen molar-refractivity contribution in [2.45, 2.75) is 18.9 Å². The summed E-state index contributed by atoms with van der Waals surface area (Å²) in [6, 6.07) is 0. The Morgan fingerprint density at radius 1 is 1.67 bits per heavy atom. The van der Waals surface area contributed by atoms with Crippen LogP contribution < -0.4 is 5.32 Å². The van der Waals surface area contributed by atoms with Crippen molar-refractivity contribution in [3.8, 4) is 0 Å². The highest BCUT2D eigenvalue weighted by Gasteiger charge is 2.53. The van der Waals surface area contributed by atoms with Crippen molar-refractivity contribution in [3.05, 3.63) is 0 Å². The van der Waals surface area contributed by atoms with Gasteiger partial charge in [0.05, 0.1) is 12.2 Å². The first-order chi connectivity index (χ1) is 4.33. The molecule has 2 fully saturated rings. The summed E-state index contributed by atoms with van der Waals surface area (Å²) in [7, 11) is 0. The first-order valence-corrected chi connectivity index (χ1v) is 3.68. The summed E-state index contributed by atoms with van der Waals surface area (Å²) in [5.74, 6) is 0.797. The molecule has 2 rings (SSSR count). The molecule has 1 saturated heterocycles. The molecule has 0 aromatic rings. The maximum atomic E-state index is 5.63. The highest BCUT2D eigenvalue weighted by molar-refractivity contribution is 5.05. The summed E-state index contributed by atoms with van der Waals surface area (Å²) in [4.78, 5) is 0. The average Bonchev–Trinajstić information content (AvgIpc) is 2.44. The van der Waals surface area contributed by atoms with Gasteiger partial charge >= 0.3 is 0 Å². The third-order valence-electron chi connectivity index (χ3n) is 2.48. The number of ether oxygens (including phenoxy) is 1. The molecular formula is C7H13NO. The first-order valence-electron chi connectivity index (χ1n) is 3.68. The third kappa shape index (κ3) is 0.775. The molecule has 1 aliphatic heterocycles. The Labute approximate surface area is 55.6 Å². The van der Waals surface area contributed by atoms with E-state index in [-0.39, 0.29) is 5.60 Å². The van der Waals surface area contributed by atoms with E-state index in [1.165, 1.54) is 6.42 Å². The van der Waals surface area contributed by atoms with E-state index < -0.39 is 0 Å². The van der Waals surface area contributed by atoms with Crippen LogP contribution >= 0.6 is 0 Å². The van der Waals surface area contributed by atoms with E-state index in [0.29, 0.717) is 0 Å². The second kappa shape index (κ2) is 1.70. The predicted molar refractivity (Wildman–Crippen MR) is 35.3 cm³/mol. The van der Waals surface area contributed by atoms with Crippen LogP contribution in [0.25, 0.3) is 0 Å². The topological polar surface area (TPSA) is 21.3 Å². The average molecular weight is 127 g/mol. The Morgan fingerprint density at radius 3 is 2.78 bits per heavy atom. The fourth-order valence-corrected chi connectivity index (χ4v) is 1.58. The zero-order valence-electron chi connectivity index (χ0n) is 5.81. The Bertz CT molecular complexity index is 118. The van der Waals surface area contributed by atoms with Gasteiger partial charge < -0.3 is 10.1 Å². The molecule has 0 bridgehead atoms. The van der Waals surface area contributed by atoms with Gasteiger partial charge in [0.25, 0.3) is 0 Å². The second-order valence-corrected chi connectivity index (χ2v) is 3.20. The van der Waals surface area contributed by atoms with Crippen LogP contribution in [-0.2, 0) is 4.74 Å². The molecule has 52 valence electrons. The van der Waals surface area contributed by atoms with E-state index >= 15 is 0 Å². The van der Waals surface area contributed by atoms with E-state index in [0.717, 1.165) is 25.6 Å². The van der Waals surface area contributed by atoms with Gasteiger partial charge in [-0.25, -0.2) is 0 Å². The number of rotatable bonds is 0.